The SMILES string of the molecule is CCOC(=O)c1cccc(NC(=O)CCN2C(=O)[C@@H]3[C@H](C2=O)[C@H]2C=C[C@H]3C2)c1. The number of nitrogens with one attached hydrogen (secondary N) is 1. The predicted octanol–water partition coefficient (Wildman–Crippen LogP) is 2.00. The Hall–Kier alpha value is -2.96. The number of anilines is 1. The molecule has 3 amide bonds. The fourth-order valence-corrected chi connectivity index (χ4v) is 4.56. The molecule has 4 rings (SSSR count). The molecule has 28 heavy (non-hydrogen) atoms. The van der Waals surface area contributed by atoms with Crippen molar-refractivity contribution in [2.75, 3.05) is 18.5 Å². The van der Waals surface area contributed by atoms with Crippen molar-refractivity contribution in [1.82, 2.24) is 4.90 Å². The van der Waals surface area contributed by atoms with Gasteiger partial charge in [-0.25, -0.2) is 4.79 Å². The van der Waals surface area contributed by atoms with E-state index in [9.17, 15) is 19.2 Å². The maximum absolute atomic E-state index is 12.6. The number of hydrogen-bond donors (Lipinski definition) is 1. The Bertz CT molecular complexity index is 847. The summed E-state index contributed by atoms with van der Waals surface area (Å²) in [5.41, 5.74) is 0.814. The van der Waals surface area contributed by atoms with E-state index >= 15 is 0 Å². The third-order valence-corrected chi connectivity index (χ3v) is 5.78. The van der Waals surface area contributed by atoms with Crippen LogP contribution in [-0.4, -0.2) is 41.7 Å². The van der Waals surface area contributed by atoms with Crippen molar-refractivity contribution >= 4 is 29.4 Å². The Kier molecular flexibility index (Phi) is 4.75. The van der Waals surface area contributed by atoms with Gasteiger partial charge < -0.3 is 10.1 Å². The number of ether oxygens (including phenoxy) is 1. The number of esters is 1. The highest BCUT2D eigenvalue weighted by molar-refractivity contribution is 6.06. The maximum Gasteiger partial charge on any atom is 0.338 e. The van der Waals surface area contributed by atoms with Gasteiger partial charge in [-0.3, -0.25) is 19.3 Å². The molecule has 1 aliphatic heterocycles. The fourth-order valence-electron chi connectivity index (χ4n) is 4.56. The summed E-state index contributed by atoms with van der Waals surface area (Å²) in [5.74, 6) is -1.24. The van der Waals surface area contributed by atoms with Crippen LogP contribution in [0, 0.1) is 23.7 Å². The molecule has 2 aliphatic carbocycles. The lowest BCUT2D eigenvalue weighted by Crippen LogP contribution is -2.35. The molecule has 7 heteroatoms. The first-order chi connectivity index (χ1) is 13.5. The zero-order valence-corrected chi connectivity index (χ0v) is 15.6. The molecule has 2 fully saturated rings. The van der Waals surface area contributed by atoms with Gasteiger partial charge in [0.1, 0.15) is 0 Å². The van der Waals surface area contributed by atoms with Gasteiger partial charge in [-0.15, -0.1) is 0 Å². The minimum Gasteiger partial charge on any atom is -0.462 e. The highest BCUT2D eigenvalue weighted by Crippen LogP contribution is 2.52. The first kappa shape index (κ1) is 18.4. The van der Waals surface area contributed by atoms with Crippen LogP contribution in [0.3, 0.4) is 0 Å². The Morgan fingerprint density at radius 3 is 2.46 bits per heavy atom. The van der Waals surface area contributed by atoms with Gasteiger partial charge in [-0.2, -0.15) is 0 Å². The number of hydrogen-bond acceptors (Lipinski definition) is 5. The Labute approximate surface area is 162 Å². The van der Waals surface area contributed by atoms with Crippen LogP contribution < -0.4 is 5.32 Å². The van der Waals surface area contributed by atoms with Gasteiger partial charge in [0.2, 0.25) is 17.7 Å². The van der Waals surface area contributed by atoms with E-state index in [0.717, 1.165) is 6.42 Å². The van der Waals surface area contributed by atoms with E-state index in [4.69, 9.17) is 4.74 Å². The van der Waals surface area contributed by atoms with E-state index in [-0.39, 0.29) is 61.0 Å². The Morgan fingerprint density at radius 2 is 1.82 bits per heavy atom. The van der Waals surface area contributed by atoms with Crippen molar-refractivity contribution in [2.24, 2.45) is 23.7 Å². The summed E-state index contributed by atoms with van der Waals surface area (Å²) < 4.78 is 4.95. The number of carbonyl (C=O) groups is 4. The molecule has 0 unspecified atom stereocenters. The molecule has 0 aromatic heterocycles. The lowest BCUT2D eigenvalue weighted by molar-refractivity contribution is -0.140. The number of allylic oxidation sites excluding steroid dienone is 2. The summed E-state index contributed by atoms with van der Waals surface area (Å²) in [6.45, 7) is 2.07. The molecule has 4 atom stereocenters. The summed E-state index contributed by atoms with van der Waals surface area (Å²) in [6, 6.07) is 6.46. The second-order valence-electron chi connectivity index (χ2n) is 7.43. The minimum absolute atomic E-state index is 0.0172. The van der Waals surface area contributed by atoms with Gasteiger partial charge in [-0.05, 0) is 43.4 Å². The lowest BCUT2D eigenvalue weighted by atomic mass is 9.85. The van der Waals surface area contributed by atoms with Crippen molar-refractivity contribution in [3.8, 4) is 0 Å². The molecule has 0 radical (unpaired) electrons. The number of fused-ring (bicyclic) bond motifs is 5. The highest BCUT2D eigenvalue weighted by Gasteiger charge is 2.58. The minimum atomic E-state index is -0.457. The number of benzene rings is 1. The number of amides is 3. The van der Waals surface area contributed by atoms with Crippen molar-refractivity contribution in [3.63, 3.8) is 0 Å². The van der Waals surface area contributed by atoms with Crippen molar-refractivity contribution < 1.29 is 23.9 Å². The smallest absolute Gasteiger partial charge is 0.338 e. The second kappa shape index (κ2) is 7.22. The van der Waals surface area contributed by atoms with E-state index in [0.29, 0.717) is 11.3 Å². The first-order valence-corrected chi connectivity index (χ1v) is 9.60. The van der Waals surface area contributed by atoms with Gasteiger partial charge in [0.25, 0.3) is 0 Å². The van der Waals surface area contributed by atoms with Gasteiger partial charge in [-0.1, -0.05) is 18.2 Å². The van der Waals surface area contributed by atoms with E-state index in [1.165, 1.54) is 11.0 Å². The molecule has 1 aromatic carbocycles. The van der Waals surface area contributed by atoms with Crippen LogP contribution in [0.1, 0.15) is 30.1 Å². The number of carbonyl (C=O) groups excluding carboxylic acids is 4. The summed E-state index contributed by atoms with van der Waals surface area (Å²) in [7, 11) is 0. The Morgan fingerprint density at radius 1 is 1.14 bits per heavy atom. The largest absolute Gasteiger partial charge is 0.462 e. The standard InChI is InChI=1S/C21H22N2O5/c1-2-28-21(27)14-4-3-5-15(11-14)22-16(24)8-9-23-19(25)17-12-6-7-13(10-12)18(17)20(23)26/h3-7,11-13,17-18H,2,8-10H2,1H3,(H,22,24)/t12-,13-,17-,18+/m0/s1. The molecule has 1 saturated carbocycles. The van der Waals surface area contributed by atoms with Crippen LogP contribution in [0.4, 0.5) is 5.69 Å². The zero-order valence-electron chi connectivity index (χ0n) is 15.6. The molecule has 3 aliphatic rings. The van der Waals surface area contributed by atoms with E-state index in [1.54, 1.807) is 25.1 Å². The normalized spacial score (nSPS) is 27.2. The van der Waals surface area contributed by atoms with Crippen LogP contribution in [0.2, 0.25) is 0 Å². The van der Waals surface area contributed by atoms with Crippen LogP contribution in [0.25, 0.3) is 0 Å². The molecule has 1 aromatic rings. The number of rotatable bonds is 6. The Balaban J connectivity index is 1.34. The fraction of sp³-hybridized carbons (Fsp3) is 0.429. The molecule has 2 bridgehead atoms. The van der Waals surface area contributed by atoms with Crippen LogP contribution in [0.5, 0.6) is 0 Å². The van der Waals surface area contributed by atoms with Crippen LogP contribution in [-0.2, 0) is 19.1 Å². The number of nitrogens with zero attached hydrogens (tertiary/aromatic N) is 1. The first-order valence-electron chi connectivity index (χ1n) is 9.60. The predicted molar refractivity (Wildman–Crippen MR) is 100 cm³/mol. The van der Waals surface area contributed by atoms with Crippen LogP contribution >= 0.6 is 0 Å². The molecule has 0 spiro atoms. The maximum atomic E-state index is 12.6. The second-order valence-corrected chi connectivity index (χ2v) is 7.43. The lowest BCUT2D eigenvalue weighted by Gasteiger charge is -2.17. The van der Waals surface area contributed by atoms with E-state index < -0.39 is 5.97 Å². The van der Waals surface area contributed by atoms with Gasteiger partial charge in [0.05, 0.1) is 24.0 Å². The summed E-state index contributed by atoms with van der Waals surface area (Å²) in [5, 5.41) is 2.70. The van der Waals surface area contributed by atoms with Crippen molar-refractivity contribution in [3.05, 3.63) is 42.0 Å². The third kappa shape index (κ3) is 3.10. The van der Waals surface area contributed by atoms with Gasteiger partial charge in [0.15, 0.2) is 0 Å². The number of likely N-dealkylation sites (tertiary alicyclic amines) is 1. The molecule has 146 valence electrons. The number of imide groups is 1. The van der Waals surface area contributed by atoms with Crippen molar-refractivity contribution in [2.45, 2.75) is 19.8 Å². The quantitative estimate of drug-likeness (QED) is 0.461. The van der Waals surface area contributed by atoms with E-state index in [1.807, 2.05) is 12.2 Å². The summed E-state index contributed by atoms with van der Waals surface area (Å²) in [6.07, 6.45) is 4.99. The molecular formula is C21H22N2O5. The molecule has 1 heterocycles. The monoisotopic (exact) mass is 382 g/mol. The average Bonchev–Trinajstić information content (AvgIpc) is 3.35. The highest BCUT2D eigenvalue weighted by atomic mass is 16.5. The third-order valence-electron chi connectivity index (χ3n) is 5.78. The summed E-state index contributed by atoms with van der Waals surface area (Å²) in [4.78, 5) is 50.6. The molecule has 1 N–H and O–H groups in total. The molecular weight excluding hydrogens is 360 g/mol. The van der Waals surface area contributed by atoms with Crippen LogP contribution in [0.15, 0.2) is 36.4 Å². The zero-order chi connectivity index (χ0) is 19.8. The van der Waals surface area contributed by atoms with Crippen molar-refractivity contribution in [1.29, 1.82) is 0 Å². The topological polar surface area (TPSA) is 92.8 Å². The summed E-state index contributed by atoms with van der Waals surface area (Å²) >= 11 is 0. The van der Waals surface area contributed by atoms with Gasteiger partial charge in [0, 0.05) is 18.7 Å². The van der Waals surface area contributed by atoms with E-state index in [2.05, 4.69) is 5.32 Å². The molecule has 1 saturated heterocycles. The molecule has 7 nitrogen and oxygen atoms in total. The van der Waals surface area contributed by atoms with Gasteiger partial charge >= 0.3 is 5.97 Å². The average molecular weight is 382 g/mol.